The van der Waals surface area contributed by atoms with Crippen LogP contribution < -0.4 is 0 Å². The molecule has 1 fully saturated rings. The van der Waals surface area contributed by atoms with Crippen molar-refractivity contribution in [2.24, 2.45) is 5.92 Å². The lowest BCUT2D eigenvalue weighted by Crippen LogP contribution is -2.15. The van der Waals surface area contributed by atoms with Crippen molar-refractivity contribution < 1.29 is 5.11 Å². The fourth-order valence-electron chi connectivity index (χ4n) is 2.37. The first-order chi connectivity index (χ1) is 6.88. The second-order valence-corrected chi connectivity index (χ2v) is 4.25. The Morgan fingerprint density at radius 1 is 1.00 bits per heavy atom. The van der Waals surface area contributed by atoms with Crippen molar-refractivity contribution in [2.45, 2.75) is 38.2 Å². The van der Waals surface area contributed by atoms with Gasteiger partial charge in [0.1, 0.15) is 0 Å². The summed E-state index contributed by atoms with van der Waals surface area (Å²) in [5.41, 5.74) is 1.08. The smallest absolute Gasteiger partial charge is 0.0818 e. The fourth-order valence-corrected chi connectivity index (χ4v) is 2.37. The minimum Gasteiger partial charge on any atom is -0.388 e. The minimum atomic E-state index is -0.239. The van der Waals surface area contributed by atoms with Crippen LogP contribution in [0.25, 0.3) is 0 Å². The van der Waals surface area contributed by atoms with Crippen molar-refractivity contribution in [1.29, 1.82) is 0 Å². The molecule has 0 heterocycles. The molecule has 0 radical (unpaired) electrons. The van der Waals surface area contributed by atoms with Gasteiger partial charge in [0, 0.05) is 0 Å². The Morgan fingerprint density at radius 3 is 2.29 bits per heavy atom. The first kappa shape index (κ1) is 9.72. The first-order valence-electron chi connectivity index (χ1n) is 5.61. The van der Waals surface area contributed by atoms with Crippen molar-refractivity contribution in [1.82, 2.24) is 0 Å². The quantitative estimate of drug-likeness (QED) is 0.758. The lowest BCUT2D eigenvalue weighted by molar-refractivity contribution is 0.0848. The molecule has 0 saturated heterocycles. The van der Waals surface area contributed by atoms with Crippen LogP contribution in [-0.4, -0.2) is 5.11 Å². The Morgan fingerprint density at radius 2 is 1.64 bits per heavy atom. The molecule has 1 aromatic carbocycles. The molecule has 2 rings (SSSR count). The van der Waals surface area contributed by atoms with Gasteiger partial charge in [0.2, 0.25) is 0 Å². The molecule has 1 saturated carbocycles. The van der Waals surface area contributed by atoms with E-state index in [0.29, 0.717) is 5.92 Å². The van der Waals surface area contributed by atoms with Gasteiger partial charge in [0.15, 0.2) is 0 Å². The Hall–Kier alpha value is -0.820. The lowest BCUT2D eigenvalue weighted by atomic mass is 9.83. The number of aliphatic hydroxyl groups is 1. The van der Waals surface area contributed by atoms with E-state index in [4.69, 9.17) is 0 Å². The molecule has 1 atom stereocenters. The van der Waals surface area contributed by atoms with Crippen LogP contribution >= 0.6 is 0 Å². The van der Waals surface area contributed by atoms with Crippen LogP contribution in [0.4, 0.5) is 0 Å². The Balaban J connectivity index is 2.03. The highest BCUT2D eigenvalue weighted by Crippen LogP contribution is 2.33. The second-order valence-electron chi connectivity index (χ2n) is 4.25. The van der Waals surface area contributed by atoms with Gasteiger partial charge in [-0.2, -0.15) is 0 Å². The standard InChI is InChI=1S/C13H18O/c14-13(11-7-3-1-4-8-11)12-9-5-2-6-10-12/h1,3-4,7-8,12-14H,2,5-6,9-10H2/t13-/m0/s1. The van der Waals surface area contributed by atoms with Crippen molar-refractivity contribution in [3.63, 3.8) is 0 Å². The highest BCUT2D eigenvalue weighted by atomic mass is 16.3. The van der Waals surface area contributed by atoms with Gasteiger partial charge in [-0.25, -0.2) is 0 Å². The third-order valence-corrected chi connectivity index (χ3v) is 3.24. The zero-order valence-corrected chi connectivity index (χ0v) is 8.52. The second kappa shape index (κ2) is 4.61. The fraction of sp³-hybridized carbons (Fsp3) is 0.538. The topological polar surface area (TPSA) is 20.2 Å². The van der Waals surface area contributed by atoms with E-state index < -0.39 is 0 Å². The van der Waals surface area contributed by atoms with Gasteiger partial charge in [0.05, 0.1) is 6.10 Å². The number of hydrogen-bond acceptors (Lipinski definition) is 1. The molecule has 14 heavy (non-hydrogen) atoms. The van der Waals surface area contributed by atoms with Crippen LogP contribution in [0.3, 0.4) is 0 Å². The molecule has 0 amide bonds. The molecule has 0 spiro atoms. The average Bonchev–Trinajstić information content (AvgIpc) is 2.30. The summed E-state index contributed by atoms with van der Waals surface area (Å²) in [4.78, 5) is 0. The van der Waals surface area contributed by atoms with Crippen LogP contribution in [0.15, 0.2) is 30.3 Å². The van der Waals surface area contributed by atoms with Crippen LogP contribution in [0.1, 0.15) is 43.8 Å². The summed E-state index contributed by atoms with van der Waals surface area (Å²) in [6, 6.07) is 10.1. The number of hydrogen-bond donors (Lipinski definition) is 1. The third kappa shape index (κ3) is 2.16. The van der Waals surface area contributed by atoms with E-state index >= 15 is 0 Å². The molecule has 0 aromatic heterocycles. The molecule has 1 heteroatoms. The predicted octanol–water partition coefficient (Wildman–Crippen LogP) is 3.30. The SMILES string of the molecule is O[C@@H](c1ccccc1)C1CCCCC1. The molecular formula is C13H18O. The summed E-state index contributed by atoms with van der Waals surface area (Å²) in [5, 5.41) is 10.1. The summed E-state index contributed by atoms with van der Waals surface area (Å²) >= 11 is 0. The number of benzene rings is 1. The van der Waals surface area contributed by atoms with Gasteiger partial charge in [-0.3, -0.25) is 0 Å². The molecule has 1 aromatic rings. The van der Waals surface area contributed by atoms with E-state index in [1.54, 1.807) is 0 Å². The third-order valence-electron chi connectivity index (χ3n) is 3.24. The number of aliphatic hydroxyl groups excluding tert-OH is 1. The van der Waals surface area contributed by atoms with Crippen molar-refractivity contribution in [3.05, 3.63) is 35.9 Å². The average molecular weight is 190 g/mol. The lowest BCUT2D eigenvalue weighted by Gasteiger charge is -2.26. The Kier molecular flexibility index (Phi) is 3.20. The van der Waals surface area contributed by atoms with Gasteiger partial charge in [-0.05, 0) is 24.3 Å². The van der Waals surface area contributed by atoms with Gasteiger partial charge < -0.3 is 5.11 Å². The summed E-state index contributed by atoms with van der Waals surface area (Å²) in [7, 11) is 0. The highest BCUT2D eigenvalue weighted by Gasteiger charge is 2.22. The number of rotatable bonds is 2. The molecule has 76 valence electrons. The van der Waals surface area contributed by atoms with Crippen molar-refractivity contribution in [2.75, 3.05) is 0 Å². The molecule has 1 aliphatic rings. The zero-order chi connectivity index (χ0) is 9.80. The van der Waals surface area contributed by atoms with Crippen LogP contribution in [0.5, 0.6) is 0 Å². The summed E-state index contributed by atoms with van der Waals surface area (Å²) in [5.74, 6) is 0.492. The maximum atomic E-state index is 10.1. The summed E-state index contributed by atoms with van der Waals surface area (Å²) in [6.45, 7) is 0. The Labute approximate surface area is 85.8 Å². The van der Waals surface area contributed by atoms with E-state index in [-0.39, 0.29) is 6.10 Å². The molecule has 0 aliphatic heterocycles. The van der Waals surface area contributed by atoms with Crippen molar-refractivity contribution in [3.8, 4) is 0 Å². The van der Waals surface area contributed by atoms with Crippen LogP contribution in [0.2, 0.25) is 0 Å². The summed E-state index contributed by atoms with van der Waals surface area (Å²) in [6.07, 6.45) is 6.06. The zero-order valence-electron chi connectivity index (χ0n) is 8.52. The molecular weight excluding hydrogens is 172 g/mol. The normalized spacial score (nSPS) is 20.6. The van der Waals surface area contributed by atoms with E-state index in [1.807, 2.05) is 30.3 Å². The molecule has 1 N–H and O–H groups in total. The summed E-state index contributed by atoms with van der Waals surface area (Å²) < 4.78 is 0. The van der Waals surface area contributed by atoms with Crippen LogP contribution in [-0.2, 0) is 0 Å². The highest BCUT2D eigenvalue weighted by molar-refractivity contribution is 5.18. The van der Waals surface area contributed by atoms with E-state index in [9.17, 15) is 5.11 Å². The van der Waals surface area contributed by atoms with E-state index in [1.165, 1.54) is 32.1 Å². The van der Waals surface area contributed by atoms with Crippen molar-refractivity contribution >= 4 is 0 Å². The minimum absolute atomic E-state index is 0.239. The van der Waals surface area contributed by atoms with E-state index in [2.05, 4.69) is 0 Å². The Bertz CT molecular complexity index is 262. The van der Waals surface area contributed by atoms with Gasteiger partial charge in [-0.1, -0.05) is 49.6 Å². The maximum Gasteiger partial charge on any atom is 0.0818 e. The monoisotopic (exact) mass is 190 g/mol. The first-order valence-corrected chi connectivity index (χ1v) is 5.61. The molecule has 0 unspecified atom stereocenters. The largest absolute Gasteiger partial charge is 0.388 e. The van der Waals surface area contributed by atoms with Crippen LogP contribution in [0, 0.1) is 5.92 Å². The molecule has 1 nitrogen and oxygen atoms in total. The molecule has 1 aliphatic carbocycles. The van der Waals surface area contributed by atoms with Gasteiger partial charge in [-0.15, -0.1) is 0 Å². The predicted molar refractivity (Wildman–Crippen MR) is 58.0 cm³/mol. The van der Waals surface area contributed by atoms with E-state index in [0.717, 1.165) is 5.56 Å². The molecule has 0 bridgehead atoms. The van der Waals surface area contributed by atoms with Gasteiger partial charge in [0.25, 0.3) is 0 Å². The maximum absolute atomic E-state index is 10.1. The van der Waals surface area contributed by atoms with Gasteiger partial charge >= 0.3 is 0 Å².